The molecule has 4 aromatic rings. The zero-order valence-electron chi connectivity index (χ0n) is 21.2. The number of fused-ring (bicyclic) bond motifs is 3. The number of H-pyrrole nitrogens is 1. The second kappa shape index (κ2) is 11.9. The number of aromatic amines is 1. The van der Waals surface area contributed by atoms with Crippen LogP contribution in [0.3, 0.4) is 0 Å². The van der Waals surface area contributed by atoms with Crippen molar-refractivity contribution < 1.29 is 37.8 Å². The number of benzene rings is 1. The molecule has 0 spiro atoms. The van der Waals surface area contributed by atoms with E-state index in [0.29, 0.717) is 54.7 Å². The Morgan fingerprint density at radius 2 is 1.80 bits per heavy atom. The number of likely N-dealkylation sites (tertiary alicyclic amines) is 1. The first kappa shape index (κ1) is 28.8. The van der Waals surface area contributed by atoms with Gasteiger partial charge in [0.15, 0.2) is 0 Å². The summed E-state index contributed by atoms with van der Waals surface area (Å²) in [5.74, 6) is -2.76. The van der Waals surface area contributed by atoms with Crippen molar-refractivity contribution in [1.29, 1.82) is 0 Å². The molecule has 5 rings (SSSR count). The number of hydrogen-bond donors (Lipinski definition) is 5. The number of carbonyl (C=O) groups excluding carboxylic acids is 1. The summed E-state index contributed by atoms with van der Waals surface area (Å²) in [6.45, 7) is 1.12. The lowest BCUT2D eigenvalue weighted by Crippen LogP contribution is -2.37. The second-order valence-electron chi connectivity index (χ2n) is 9.03. The molecule has 1 saturated heterocycles. The Balaban J connectivity index is 0.000000493. The van der Waals surface area contributed by atoms with Crippen molar-refractivity contribution in [1.82, 2.24) is 29.8 Å². The number of aliphatic carboxylic acids is 1. The summed E-state index contributed by atoms with van der Waals surface area (Å²) in [6, 6.07) is 10.2. The van der Waals surface area contributed by atoms with Gasteiger partial charge in [0.25, 0.3) is 5.56 Å². The van der Waals surface area contributed by atoms with E-state index in [9.17, 15) is 32.7 Å². The first-order chi connectivity index (χ1) is 19.4. The summed E-state index contributed by atoms with van der Waals surface area (Å²) in [7, 11) is 0. The molecule has 3 amide bonds. The SMILES string of the molecule is O=C(NCc1cccnc1)Nc1cccc2nn3c(C4CCN(C(=O)O)CC4)cc(=O)[nH]c3c12.O=C(O)C(F)(F)F. The van der Waals surface area contributed by atoms with Gasteiger partial charge in [-0.05, 0) is 36.6 Å². The highest BCUT2D eigenvalue weighted by Gasteiger charge is 2.38. The summed E-state index contributed by atoms with van der Waals surface area (Å²) in [5.41, 5.74) is 2.95. The molecule has 0 atom stereocenters. The zero-order valence-corrected chi connectivity index (χ0v) is 21.2. The van der Waals surface area contributed by atoms with Gasteiger partial charge in [-0.2, -0.15) is 18.3 Å². The minimum Gasteiger partial charge on any atom is -0.475 e. The number of urea groups is 1. The summed E-state index contributed by atoms with van der Waals surface area (Å²) in [4.78, 5) is 53.5. The van der Waals surface area contributed by atoms with Crippen LogP contribution in [0.25, 0.3) is 16.6 Å². The van der Waals surface area contributed by atoms with Crippen LogP contribution in [0.4, 0.5) is 28.4 Å². The molecule has 1 aliphatic rings. The maximum absolute atomic E-state index is 12.6. The van der Waals surface area contributed by atoms with Crippen LogP contribution in [0.15, 0.2) is 53.6 Å². The third-order valence-corrected chi connectivity index (χ3v) is 6.31. The minimum atomic E-state index is -5.08. The van der Waals surface area contributed by atoms with Gasteiger partial charge in [0.05, 0.1) is 22.3 Å². The van der Waals surface area contributed by atoms with Crippen LogP contribution in [-0.2, 0) is 11.3 Å². The van der Waals surface area contributed by atoms with Crippen molar-refractivity contribution >= 4 is 40.3 Å². The molecule has 0 radical (unpaired) electrons. The number of piperidine rings is 1. The van der Waals surface area contributed by atoms with Crippen molar-refractivity contribution in [2.75, 3.05) is 18.4 Å². The Morgan fingerprint density at radius 3 is 2.41 bits per heavy atom. The quantitative estimate of drug-likeness (QED) is 0.245. The van der Waals surface area contributed by atoms with E-state index in [2.05, 4.69) is 25.7 Å². The van der Waals surface area contributed by atoms with Crippen molar-refractivity contribution in [3.63, 3.8) is 0 Å². The predicted molar refractivity (Wildman–Crippen MR) is 139 cm³/mol. The van der Waals surface area contributed by atoms with E-state index in [1.165, 1.54) is 11.0 Å². The van der Waals surface area contributed by atoms with Crippen LogP contribution in [0.5, 0.6) is 0 Å². The smallest absolute Gasteiger partial charge is 0.475 e. The number of aromatic nitrogens is 4. The number of anilines is 1. The molecule has 1 aromatic carbocycles. The van der Waals surface area contributed by atoms with Crippen molar-refractivity contribution in [3.05, 3.63) is 70.4 Å². The number of pyridine rings is 1. The molecule has 0 unspecified atom stereocenters. The number of rotatable bonds is 4. The first-order valence-corrected chi connectivity index (χ1v) is 12.2. The molecular weight excluding hydrogens is 551 g/mol. The van der Waals surface area contributed by atoms with Gasteiger partial charge in [0.2, 0.25) is 0 Å². The Kier molecular flexibility index (Phi) is 8.40. The van der Waals surface area contributed by atoms with Crippen LogP contribution in [0.1, 0.15) is 30.0 Å². The lowest BCUT2D eigenvalue weighted by Gasteiger charge is -2.30. The van der Waals surface area contributed by atoms with Gasteiger partial charge < -0.3 is 30.7 Å². The van der Waals surface area contributed by atoms with Crippen molar-refractivity contribution in [2.45, 2.75) is 31.5 Å². The maximum Gasteiger partial charge on any atom is 0.490 e. The molecule has 1 aliphatic heterocycles. The number of nitrogens with one attached hydrogen (secondary N) is 3. The third-order valence-electron chi connectivity index (χ3n) is 6.31. The average Bonchev–Trinajstić information content (AvgIpc) is 3.31. The molecule has 5 N–H and O–H groups in total. The van der Waals surface area contributed by atoms with Crippen LogP contribution < -0.4 is 16.2 Å². The lowest BCUT2D eigenvalue weighted by molar-refractivity contribution is -0.192. The fraction of sp³-hybridized carbons (Fsp3) is 0.280. The molecular formula is C25H24F3N7O6. The molecule has 13 nitrogen and oxygen atoms in total. The summed E-state index contributed by atoms with van der Waals surface area (Å²) in [6.07, 6.45) is -1.47. The summed E-state index contributed by atoms with van der Waals surface area (Å²) < 4.78 is 33.4. The number of halogens is 3. The van der Waals surface area contributed by atoms with E-state index in [0.717, 1.165) is 11.3 Å². The van der Waals surface area contributed by atoms with Crippen molar-refractivity contribution in [2.24, 2.45) is 0 Å². The van der Waals surface area contributed by atoms with Crippen LogP contribution >= 0.6 is 0 Å². The van der Waals surface area contributed by atoms with E-state index in [4.69, 9.17) is 9.90 Å². The van der Waals surface area contributed by atoms with E-state index < -0.39 is 24.3 Å². The number of amides is 3. The van der Waals surface area contributed by atoms with Gasteiger partial charge in [0, 0.05) is 44.0 Å². The predicted octanol–water partition coefficient (Wildman–Crippen LogP) is 3.38. The van der Waals surface area contributed by atoms with Gasteiger partial charge in [-0.15, -0.1) is 0 Å². The van der Waals surface area contributed by atoms with E-state index >= 15 is 0 Å². The number of carbonyl (C=O) groups is 3. The second-order valence-corrected chi connectivity index (χ2v) is 9.03. The normalized spacial score (nSPS) is 13.9. The molecule has 1 fully saturated rings. The summed E-state index contributed by atoms with van der Waals surface area (Å²) >= 11 is 0. The molecule has 0 saturated carbocycles. The molecule has 16 heteroatoms. The molecule has 4 heterocycles. The molecule has 0 aliphatic carbocycles. The summed E-state index contributed by atoms with van der Waals surface area (Å²) in [5, 5.41) is 27.3. The van der Waals surface area contributed by atoms with Gasteiger partial charge >= 0.3 is 24.3 Å². The monoisotopic (exact) mass is 575 g/mol. The number of nitrogens with zero attached hydrogens (tertiary/aromatic N) is 4. The van der Waals surface area contributed by atoms with Gasteiger partial charge in [-0.1, -0.05) is 12.1 Å². The number of carboxylic acid groups (broad SMARTS) is 2. The Labute approximate surface area is 228 Å². The van der Waals surface area contributed by atoms with E-state index in [1.54, 1.807) is 35.1 Å². The Morgan fingerprint density at radius 1 is 1.10 bits per heavy atom. The highest BCUT2D eigenvalue weighted by Crippen LogP contribution is 2.31. The Bertz CT molecular complexity index is 1630. The van der Waals surface area contributed by atoms with Gasteiger partial charge in [-0.25, -0.2) is 18.9 Å². The molecule has 0 bridgehead atoms. The van der Waals surface area contributed by atoms with Gasteiger partial charge in [-0.3, -0.25) is 9.78 Å². The number of hydrogen-bond acceptors (Lipinski definition) is 6. The van der Waals surface area contributed by atoms with E-state index in [-0.39, 0.29) is 11.5 Å². The van der Waals surface area contributed by atoms with Crippen LogP contribution in [0, 0.1) is 0 Å². The standard InChI is InChI=1S/C23H23N7O4.C2HF3O2/c31-19-11-18(15-6-9-29(10-7-15)23(33)34)30-21(27-19)20-16(4-1-5-17(20)28-30)26-22(32)25-13-14-3-2-8-24-12-14;3-2(4,5)1(6)7/h1-5,8,11-12,15H,6-7,9-10,13H2,(H,27,31)(H,33,34)(H2,25,26,32);(H,6,7). The average molecular weight is 576 g/mol. The molecule has 3 aromatic heterocycles. The highest BCUT2D eigenvalue weighted by molar-refractivity contribution is 6.07. The van der Waals surface area contributed by atoms with Gasteiger partial charge in [0.1, 0.15) is 5.65 Å². The largest absolute Gasteiger partial charge is 0.490 e. The molecule has 216 valence electrons. The van der Waals surface area contributed by atoms with Crippen LogP contribution in [-0.4, -0.2) is 72.1 Å². The van der Waals surface area contributed by atoms with Crippen molar-refractivity contribution in [3.8, 4) is 0 Å². The number of carboxylic acids is 1. The zero-order chi connectivity index (χ0) is 29.7. The third kappa shape index (κ3) is 6.90. The van der Waals surface area contributed by atoms with E-state index in [1.807, 2.05) is 12.1 Å². The first-order valence-electron chi connectivity index (χ1n) is 12.2. The minimum absolute atomic E-state index is 0.00565. The molecule has 41 heavy (non-hydrogen) atoms. The Hall–Kier alpha value is -5.15. The fourth-order valence-corrected chi connectivity index (χ4v) is 4.40. The topological polar surface area (TPSA) is 182 Å². The highest BCUT2D eigenvalue weighted by atomic mass is 19.4. The maximum atomic E-state index is 12.6. The number of alkyl halides is 3. The fourth-order valence-electron chi connectivity index (χ4n) is 4.40. The van der Waals surface area contributed by atoms with Crippen LogP contribution in [0.2, 0.25) is 0 Å². The lowest BCUT2D eigenvalue weighted by atomic mass is 9.93.